The van der Waals surface area contributed by atoms with Gasteiger partial charge in [0.2, 0.25) is 0 Å². The van der Waals surface area contributed by atoms with E-state index in [1.54, 1.807) is 18.3 Å². The van der Waals surface area contributed by atoms with Crippen LogP contribution in [0.1, 0.15) is 5.69 Å². The van der Waals surface area contributed by atoms with Crippen molar-refractivity contribution in [1.82, 2.24) is 9.97 Å². The average Bonchev–Trinajstić information content (AvgIpc) is 2.20. The van der Waals surface area contributed by atoms with Crippen molar-refractivity contribution in [3.8, 4) is 5.75 Å². The van der Waals surface area contributed by atoms with E-state index in [-0.39, 0.29) is 5.75 Å². The maximum atomic E-state index is 9.43. The fourth-order valence-corrected chi connectivity index (χ4v) is 1.17. The molecule has 2 heterocycles. The molecule has 5 heteroatoms. The number of hydrogen-bond acceptors (Lipinski definition) is 5. The second kappa shape index (κ2) is 3.29. The van der Waals surface area contributed by atoms with Gasteiger partial charge in [-0.1, -0.05) is 5.16 Å². The standard InChI is InChI=1S/C9H7N3O2/c13-8-5-10-3-6-1-2-7(4-11-14)12-9(6)8/h1-5,13-14H/b11-4+. The molecule has 14 heavy (non-hydrogen) atoms. The molecule has 0 aliphatic carbocycles. The molecular formula is C9H7N3O2. The van der Waals surface area contributed by atoms with E-state index in [1.165, 1.54) is 12.4 Å². The minimum atomic E-state index is 0.00990. The molecule has 2 aromatic rings. The second-order valence-electron chi connectivity index (χ2n) is 2.71. The molecular weight excluding hydrogens is 182 g/mol. The Hall–Kier alpha value is -2.17. The van der Waals surface area contributed by atoms with E-state index < -0.39 is 0 Å². The molecule has 70 valence electrons. The van der Waals surface area contributed by atoms with E-state index in [0.717, 1.165) is 5.39 Å². The number of aromatic nitrogens is 2. The highest BCUT2D eigenvalue weighted by molar-refractivity contribution is 5.87. The van der Waals surface area contributed by atoms with Gasteiger partial charge in [0.15, 0.2) is 5.75 Å². The van der Waals surface area contributed by atoms with Crippen molar-refractivity contribution in [2.45, 2.75) is 0 Å². The number of hydrogen-bond donors (Lipinski definition) is 2. The van der Waals surface area contributed by atoms with Gasteiger partial charge < -0.3 is 10.3 Å². The molecule has 0 fully saturated rings. The topological polar surface area (TPSA) is 78.6 Å². The van der Waals surface area contributed by atoms with Crippen molar-refractivity contribution in [2.75, 3.05) is 0 Å². The number of rotatable bonds is 1. The Morgan fingerprint density at radius 2 is 2.14 bits per heavy atom. The molecule has 0 spiro atoms. The highest BCUT2D eigenvalue weighted by Gasteiger charge is 2.01. The third-order valence-corrected chi connectivity index (χ3v) is 1.79. The van der Waals surface area contributed by atoms with Crippen LogP contribution >= 0.6 is 0 Å². The third-order valence-electron chi connectivity index (χ3n) is 1.79. The molecule has 0 amide bonds. The summed E-state index contributed by atoms with van der Waals surface area (Å²) in [4.78, 5) is 7.88. The molecule has 2 N–H and O–H groups in total. The summed E-state index contributed by atoms with van der Waals surface area (Å²) in [5.74, 6) is 0.00990. The average molecular weight is 189 g/mol. The van der Waals surface area contributed by atoms with E-state index in [0.29, 0.717) is 11.2 Å². The zero-order chi connectivity index (χ0) is 9.97. The van der Waals surface area contributed by atoms with Gasteiger partial charge in [0.1, 0.15) is 5.52 Å². The molecule has 2 rings (SSSR count). The molecule has 0 unspecified atom stereocenters. The van der Waals surface area contributed by atoms with Crippen molar-refractivity contribution in [1.29, 1.82) is 0 Å². The summed E-state index contributed by atoms with van der Waals surface area (Å²) in [7, 11) is 0. The molecule has 0 bridgehead atoms. The van der Waals surface area contributed by atoms with Crippen molar-refractivity contribution in [2.24, 2.45) is 5.16 Å². The van der Waals surface area contributed by atoms with Crippen molar-refractivity contribution < 1.29 is 10.3 Å². The highest BCUT2D eigenvalue weighted by Crippen LogP contribution is 2.20. The molecule has 5 nitrogen and oxygen atoms in total. The largest absolute Gasteiger partial charge is 0.504 e. The lowest BCUT2D eigenvalue weighted by Crippen LogP contribution is -1.89. The van der Waals surface area contributed by atoms with Gasteiger partial charge in [0, 0.05) is 11.6 Å². The van der Waals surface area contributed by atoms with Gasteiger partial charge in [-0.3, -0.25) is 4.98 Å². The number of nitrogens with zero attached hydrogens (tertiary/aromatic N) is 3. The van der Waals surface area contributed by atoms with Gasteiger partial charge in [0.05, 0.1) is 18.1 Å². The van der Waals surface area contributed by atoms with Crippen LogP contribution < -0.4 is 0 Å². The van der Waals surface area contributed by atoms with E-state index in [2.05, 4.69) is 15.1 Å². The van der Waals surface area contributed by atoms with Crippen molar-refractivity contribution in [3.05, 3.63) is 30.2 Å². The van der Waals surface area contributed by atoms with Crippen LogP contribution in [0.3, 0.4) is 0 Å². The molecule has 0 atom stereocenters. The summed E-state index contributed by atoms with van der Waals surface area (Å²) in [5.41, 5.74) is 0.916. The van der Waals surface area contributed by atoms with Gasteiger partial charge in [-0.05, 0) is 12.1 Å². The van der Waals surface area contributed by atoms with Crippen LogP contribution in [0.2, 0.25) is 0 Å². The van der Waals surface area contributed by atoms with Gasteiger partial charge in [-0.25, -0.2) is 4.98 Å². The van der Waals surface area contributed by atoms with E-state index in [1.807, 2.05) is 0 Å². The van der Waals surface area contributed by atoms with Crippen LogP contribution in [0, 0.1) is 0 Å². The summed E-state index contributed by atoms with van der Waals surface area (Å²) >= 11 is 0. The molecule has 0 saturated carbocycles. The summed E-state index contributed by atoms with van der Waals surface area (Å²) in [6.45, 7) is 0. The van der Waals surface area contributed by atoms with Crippen molar-refractivity contribution in [3.63, 3.8) is 0 Å². The Balaban J connectivity index is 2.69. The number of pyridine rings is 2. The van der Waals surface area contributed by atoms with Crippen LogP contribution in [0.25, 0.3) is 10.9 Å². The van der Waals surface area contributed by atoms with E-state index >= 15 is 0 Å². The van der Waals surface area contributed by atoms with Crippen molar-refractivity contribution >= 4 is 17.1 Å². The molecule has 0 aliphatic rings. The Labute approximate surface area is 79.4 Å². The number of aromatic hydroxyl groups is 1. The van der Waals surface area contributed by atoms with Crippen LogP contribution in [-0.4, -0.2) is 26.5 Å². The van der Waals surface area contributed by atoms with Gasteiger partial charge in [-0.2, -0.15) is 0 Å². The normalized spacial score (nSPS) is 11.1. The maximum absolute atomic E-state index is 9.43. The zero-order valence-corrected chi connectivity index (χ0v) is 7.12. The number of fused-ring (bicyclic) bond motifs is 1. The molecule has 0 radical (unpaired) electrons. The van der Waals surface area contributed by atoms with E-state index in [9.17, 15) is 5.11 Å². The third kappa shape index (κ3) is 1.35. The van der Waals surface area contributed by atoms with Crippen LogP contribution in [0.4, 0.5) is 0 Å². The molecule has 0 aromatic carbocycles. The summed E-state index contributed by atoms with van der Waals surface area (Å²) in [5, 5.41) is 21.3. The highest BCUT2D eigenvalue weighted by atomic mass is 16.4. The van der Waals surface area contributed by atoms with Crippen LogP contribution in [-0.2, 0) is 0 Å². The first-order valence-corrected chi connectivity index (χ1v) is 3.92. The Bertz CT molecular complexity index is 496. The fourth-order valence-electron chi connectivity index (χ4n) is 1.17. The first kappa shape index (κ1) is 8.43. The summed E-state index contributed by atoms with van der Waals surface area (Å²) in [6.07, 6.45) is 4.11. The first-order valence-electron chi connectivity index (χ1n) is 3.92. The Morgan fingerprint density at radius 3 is 2.93 bits per heavy atom. The molecule has 2 aromatic heterocycles. The predicted molar refractivity (Wildman–Crippen MR) is 50.6 cm³/mol. The lowest BCUT2D eigenvalue weighted by molar-refractivity contribution is 0.321. The first-order chi connectivity index (χ1) is 6.81. The number of oxime groups is 1. The smallest absolute Gasteiger partial charge is 0.160 e. The minimum absolute atomic E-state index is 0.00990. The predicted octanol–water partition coefficient (Wildman–Crippen LogP) is 1.14. The Kier molecular flexibility index (Phi) is 1.98. The lowest BCUT2D eigenvalue weighted by atomic mass is 10.2. The van der Waals surface area contributed by atoms with Gasteiger partial charge >= 0.3 is 0 Å². The lowest BCUT2D eigenvalue weighted by Gasteiger charge is -1.99. The second-order valence-corrected chi connectivity index (χ2v) is 2.71. The SMILES string of the molecule is O/N=C/c1ccc2cncc(O)c2n1. The molecule has 0 saturated heterocycles. The van der Waals surface area contributed by atoms with Gasteiger partial charge in [0.25, 0.3) is 0 Å². The quantitative estimate of drug-likeness (QED) is 0.400. The maximum Gasteiger partial charge on any atom is 0.160 e. The van der Waals surface area contributed by atoms with Gasteiger partial charge in [-0.15, -0.1) is 0 Å². The monoisotopic (exact) mass is 189 g/mol. The summed E-state index contributed by atoms with van der Waals surface area (Å²) < 4.78 is 0. The van der Waals surface area contributed by atoms with E-state index in [4.69, 9.17) is 5.21 Å². The minimum Gasteiger partial charge on any atom is -0.504 e. The Morgan fingerprint density at radius 1 is 1.29 bits per heavy atom. The zero-order valence-electron chi connectivity index (χ0n) is 7.12. The fraction of sp³-hybridized carbons (Fsp3) is 0. The molecule has 0 aliphatic heterocycles. The van der Waals surface area contributed by atoms with Crippen LogP contribution in [0.5, 0.6) is 5.75 Å². The van der Waals surface area contributed by atoms with Crippen LogP contribution in [0.15, 0.2) is 29.7 Å². The summed E-state index contributed by atoms with van der Waals surface area (Å²) in [6, 6.07) is 3.41.